The van der Waals surface area contributed by atoms with Gasteiger partial charge in [0.15, 0.2) is 5.82 Å². The first-order valence-electron chi connectivity index (χ1n) is 6.61. The van der Waals surface area contributed by atoms with Crippen molar-refractivity contribution in [2.75, 3.05) is 0 Å². The van der Waals surface area contributed by atoms with Crippen molar-refractivity contribution >= 4 is 11.0 Å². The number of fused-ring (bicyclic) bond motifs is 1. The van der Waals surface area contributed by atoms with Crippen molar-refractivity contribution in [2.24, 2.45) is 7.05 Å². The zero-order valence-electron chi connectivity index (χ0n) is 11.5. The van der Waals surface area contributed by atoms with Gasteiger partial charge in [-0.1, -0.05) is 6.92 Å². The summed E-state index contributed by atoms with van der Waals surface area (Å²) in [6, 6.07) is 7.78. The first kappa shape index (κ1) is 12.4. The van der Waals surface area contributed by atoms with Crippen LogP contribution in [0.4, 0.5) is 0 Å². The maximum Gasteiger partial charge on any atom is 0.161 e. The largest absolute Gasteiger partial charge is 0.340 e. The van der Waals surface area contributed by atoms with Gasteiger partial charge in [0, 0.05) is 19.8 Å². The van der Waals surface area contributed by atoms with Gasteiger partial charge in [0.2, 0.25) is 0 Å². The normalized spacial score (nSPS) is 10.8. The molecule has 5 heteroatoms. The van der Waals surface area contributed by atoms with E-state index < -0.39 is 0 Å². The number of hydrogen-bond donors (Lipinski definition) is 0. The Morgan fingerprint density at radius 2 is 2.20 bits per heavy atom. The molecule has 0 N–H and O–H groups in total. The Bertz CT molecular complexity index is 803. The Hall–Kier alpha value is -2.61. The predicted octanol–water partition coefficient (Wildman–Crippen LogP) is 2.72. The van der Waals surface area contributed by atoms with E-state index in [1.165, 1.54) is 0 Å². The van der Waals surface area contributed by atoms with E-state index in [0.717, 1.165) is 35.5 Å². The fourth-order valence-corrected chi connectivity index (χ4v) is 2.37. The number of hydrogen-bond acceptors (Lipinski definition) is 3. The molecule has 0 aliphatic rings. The molecule has 0 aliphatic heterocycles. The van der Waals surface area contributed by atoms with Crippen LogP contribution in [0.3, 0.4) is 0 Å². The second-order valence-corrected chi connectivity index (χ2v) is 4.83. The number of aromatic nitrogens is 4. The Morgan fingerprint density at radius 1 is 1.35 bits per heavy atom. The third-order valence-electron chi connectivity index (χ3n) is 3.26. The molecule has 0 spiro atoms. The third kappa shape index (κ3) is 1.95. The predicted molar refractivity (Wildman–Crippen MR) is 76.9 cm³/mol. The average molecular weight is 265 g/mol. The zero-order valence-corrected chi connectivity index (χ0v) is 11.5. The molecule has 2 aromatic heterocycles. The van der Waals surface area contributed by atoms with Crippen molar-refractivity contribution < 1.29 is 0 Å². The summed E-state index contributed by atoms with van der Waals surface area (Å²) >= 11 is 0. The molecule has 0 aliphatic carbocycles. The van der Waals surface area contributed by atoms with Crippen LogP contribution in [0.25, 0.3) is 22.6 Å². The van der Waals surface area contributed by atoms with Crippen LogP contribution in [0.15, 0.2) is 30.7 Å². The first-order chi connectivity index (χ1) is 9.72. The fraction of sp³-hybridized carbons (Fsp3) is 0.267. The van der Waals surface area contributed by atoms with Gasteiger partial charge in [0.25, 0.3) is 0 Å². The molecule has 3 aromatic rings. The number of imidazole rings is 2. The Labute approximate surface area is 117 Å². The zero-order chi connectivity index (χ0) is 14.1. The highest BCUT2D eigenvalue weighted by atomic mass is 15.1. The van der Waals surface area contributed by atoms with E-state index in [0.29, 0.717) is 5.56 Å². The summed E-state index contributed by atoms with van der Waals surface area (Å²) in [6.07, 6.45) is 4.75. The van der Waals surface area contributed by atoms with Crippen molar-refractivity contribution in [1.29, 1.82) is 5.26 Å². The third-order valence-corrected chi connectivity index (χ3v) is 3.26. The Kier molecular flexibility index (Phi) is 2.99. The van der Waals surface area contributed by atoms with E-state index in [1.54, 1.807) is 6.33 Å². The number of benzene rings is 1. The summed E-state index contributed by atoms with van der Waals surface area (Å²) in [7, 11) is 1.94. The van der Waals surface area contributed by atoms with Crippen LogP contribution in [0.1, 0.15) is 18.9 Å². The Morgan fingerprint density at radius 3 is 2.85 bits per heavy atom. The fourth-order valence-electron chi connectivity index (χ4n) is 2.37. The maximum absolute atomic E-state index is 9.00. The molecule has 100 valence electrons. The summed E-state index contributed by atoms with van der Waals surface area (Å²) in [4.78, 5) is 9.04. The van der Waals surface area contributed by atoms with Crippen LogP contribution in [-0.4, -0.2) is 19.1 Å². The minimum Gasteiger partial charge on any atom is -0.340 e. The minimum atomic E-state index is 0.631. The molecule has 0 saturated heterocycles. The van der Waals surface area contributed by atoms with Crippen molar-refractivity contribution in [3.63, 3.8) is 0 Å². The van der Waals surface area contributed by atoms with Crippen LogP contribution in [0, 0.1) is 11.3 Å². The lowest BCUT2D eigenvalue weighted by Gasteiger charge is -2.05. The monoisotopic (exact) mass is 265 g/mol. The van der Waals surface area contributed by atoms with Crippen LogP contribution >= 0.6 is 0 Å². The quantitative estimate of drug-likeness (QED) is 0.731. The standard InChI is InChI=1S/C15H15N5/c1-3-6-20-14-5-4-11(8-16)7-12(14)18-15(20)13-9-19(2)10-17-13/h4-5,7,9-10H,3,6H2,1-2H3. The van der Waals surface area contributed by atoms with Crippen LogP contribution in [0.5, 0.6) is 0 Å². The highest BCUT2D eigenvalue weighted by Crippen LogP contribution is 2.24. The van der Waals surface area contributed by atoms with Gasteiger partial charge in [-0.3, -0.25) is 0 Å². The van der Waals surface area contributed by atoms with E-state index >= 15 is 0 Å². The Balaban J connectivity index is 2.25. The van der Waals surface area contributed by atoms with E-state index in [-0.39, 0.29) is 0 Å². The number of rotatable bonds is 3. The first-order valence-corrected chi connectivity index (χ1v) is 6.61. The molecular weight excluding hydrogens is 250 g/mol. The summed E-state index contributed by atoms with van der Waals surface area (Å²) in [5, 5.41) is 9.00. The smallest absolute Gasteiger partial charge is 0.161 e. The average Bonchev–Trinajstić information content (AvgIpc) is 3.03. The van der Waals surface area contributed by atoms with Gasteiger partial charge < -0.3 is 9.13 Å². The number of nitriles is 1. The van der Waals surface area contributed by atoms with Crippen molar-refractivity contribution in [2.45, 2.75) is 19.9 Å². The van der Waals surface area contributed by atoms with Gasteiger partial charge in [-0.15, -0.1) is 0 Å². The van der Waals surface area contributed by atoms with Crippen LogP contribution in [0.2, 0.25) is 0 Å². The van der Waals surface area contributed by atoms with Crippen molar-refractivity contribution in [3.8, 4) is 17.6 Å². The molecule has 5 nitrogen and oxygen atoms in total. The topological polar surface area (TPSA) is 59.4 Å². The van der Waals surface area contributed by atoms with Gasteiger partial charge >= 0.3 is 0 Å². The molecule has 0 fully saturated rings. The molecule has 0 radical (unpaired) electrons. The minimum absolute atomic E-state index is 0.631. The molecule has 1 aromatic carbocycles. The van der Waals surface area contributed by atoms with Gasteiger partial charge in [-0.2, -0.15) is 5.26 Å². The summed E-state index contributed by atoms with van der Waals surface area (Å²) in [6.45, 7) is 3.02. The second kappa shape index (κ2) is 4.82. The molecule has 2 heterocycles. The lowest BCUT2D eigenvalue weighted by molar-refractivity contribution is 0.703. The van der Waals surface area contributed by atoms with Gasteiger partial charge in [-0.05, 0) is 24.6 Å². The number of nitrogens with zero attached hydrogens (tertiary/aromatic N) is 5. The van der Waals surface area contributed by atoms with Gasteiger partial charge in [-0.25, -0.2) is 9.97 Å². The van der Waals surface area contributed by atoms with Crippen molar-refractivity contribution in [3.05, 3.63) is 36.3 Å². The molecular formula is C15H15N5. The van der Waals surface area contributed by atoms with E-state index in [1.807, 2.05) is 36.0 Å². The molecule has 3 rings (SSSR count). The van der Waals surface area contributed by atoms with E-state index in [2.05, 4.69) is 27.5 Å². The van der Waals surface area contributed by atoms with Crippen molar-refractivity contribution in [1.82, 2.24) is 19.1 Å². The SMILES string of the molecule is CCCn1c(-c2cn(C)cn2)nc2cc(C#N)ccc21. The lowest BCUT2D eigenvalue weighted by atomic mass is 10.2. The van der Waals surface area contributed by atoms with Gasteiger partial charge in [0.05, 0.1) is 29.0 Å². The molecule has 0 unspecified atom stereocenters. The summed E-state index contributed by atoms with van der Waals surface area (Å²) in [5.74, 6) is 0.859. The van der Waals surface area contributed by atoms with Crippen LogP contribution < -0.4 is 0 Å². The van der Waals surface area contributed by atoms with Crippen LogP contribution in [-0.2, 0) is 13.6 Å². The molecule has 0 saturated carbocycles. The summed E-state index contributed by atoms with van der Waals surface area (Å²) in [5.41, 5.74) is 3.38. The van der Waals surface area contributed by atoms with E-state index in [9.17, 15) is 0 Å². The lowest BCUT2D eigenvalue weighted by Crippen LogP contribution is -1.99. The highest BCUT2D eigenvalue weighted by Gasteiger charge is 2.14. The summed E-state index contributed by atoms with van der Waals surface area (Å²) < 4.78 is 4.07. The van der Waals surface area contributed by atoms with E-state index in [4.69, 9.17) is 5.26 Å². The molecule has 0 atom stereocenters. The molecule has 0 bridgehead atoms. The second-order valence-electron chi connectivity index (χ2n) is 4.83. The molecule has 20 heavy (non-hydrogen) atoms. The maximum atomic E-state index is 9.00. The number of aryl methyl sites for hydroxylation is 2. The van der Waals surface area contributed by atoms with Gasteiger partial charge in [0.1, 0.15) is 5.69 Å². The molecule has 0 amide bonds. The highest BCUT2D eigenvalue weighted by molar-refractivity contribution is 5.81.